The number of tetrazole rings is 1. The van der Waals surface area contributed by atoms with Crippen LogP contribution in [0.2, 0.25) is 0 Å². The van der Waals surface area contributed by atoms with Crippen molar-refractivity contribution in [3.63, 3.8) is 0 Å². The normalized spacial score (nSPS) is 18.9. The van der Waals surface area contributed by atoms with Crippen molar-refractivity contribution in [3.05, 3.63) is 76.7 Å². The van der Waals surface area contributed by atoms with Gasteiger partial charge in [-0.15, -0.1) is 10.2 Å². The fourth-order valence-electron chi connectivity index (χ4n) is 6.77. The molecular weight excluding hydrogens is 498 g/mol. The molecule has 40 heavy (non-hydrogen) atoms. The lowest BCUT2D eigenvalue weighted by atomic mass is 9.84. The fraction of sp³-hybridized carbons (Fsp3) is 0.375. The number of imidazole rings is 1. The highest BCUT2D eigenvalue weighted by molar-refractivity contribution is 5.83. The van der Waals surface area contributed by atoms with Crippen LogP contribution in [0.25, 0.3) is 33.7 Å². The number of nitrogens with zero attached hydrogens (tertiary/aromatic N) is 6. The second-order valence-corrected chi connectivity index (χ2v) is 11.2. The third kappa shape index (κ3) is 4.22. The molecular formula is C32H33N7O. The Balaban J connectivity index is 1.27. The smallest absolute Gasteiger partial charge is 0.205 e. The number of hydrogen-bond acceptors (Lipinski definition) is 6. The van der Waals surface area contributed by atoms with Gasteiger partial charge in [-0.2, -0.15) is 5.21 Å². The van der Waals surface area contributed by atoms with Gasteiger partial charge in [-0.25, -0.2) is 9.97 Å². The van der Waals surface area contributed by atoms with Crippen molar-refractivity contribution < 1.29 is 4.79 Å². The zero-order valence-electron chi connectivity index (χ0n) is 23.0. The zero-order chi connectivity index (χ0) is 27.2. The van der Waals surface area contributed by atoms with Gasteiger partial charge in [0.2, 0.25) is 5.82 Å². The molecule has 0 spiro atoms. The van der Waals surface area contributed by atoms with Gasteiger partial charge in [0, 0.05) is 30.0 Å². The van der Waals surface area contributed by atoms with E-state index in [1.165, 1.54) is 11.1 Å². The van der Waals surface area contributed by atoms with Crippen molar-refractivity contribution in [1.82, 2.24) is 35.2 Å². The number of fused-ring (bicyclic) bond motifs is 2. The maximum atomic E-state index is 12.6. The van der Waals surface area contributed by atoms with E-state index in [-0.39, 0.29) is 12.0 Å². The Morgan fingerprint density at radius 3 is 2.67 bits per heavy atom. The summed E-state index contributed by atoms with van der Waals surface area (Å²) in [6.07, 6.45) is 7.43. The van der Waals surface area contributed by atoms with Gasteiger partial charge >= 0.3 is 0 Å². The molecule has 0 bridgehead atoms. The zero-order valence-corrected chi connectivity index (χ0v) is 23.0. The van der Waals surface area contributed by atoms with Crippen LogP contribution in [0, 0.1) is 12.8 Å². The van der Waals surface area contributed by atoms with Crippen molar-refractivity contribution in [2.75, 3.05) is 0 Å². The van der Waals surface area contributed by atoms with Crippen LogP contribution in [-0.4, -0.2) is 40.9 Å². The quantitative estimate of drug-likeness (QED) is 0.289. The molecule has 202 valence electrons. The standard InChI is InChI=1S/C32H33N7O/c1-3-29-34-30-19(2)16-23(18-22-8-4-7-11-28(22)40)33-32(30)39(29)27-15-13-21-17-20(12-14-25(21)27)24-9-5-6-10-26(24)31-35-37-38-36-31/h5-6,9-10,12,14,16-17,22,27H,3-4,7-8,11,13,15,18H2,1-2H3,(H,35,36,37,38)/t22-,27-/m0/s1. The first-order chi connectivity index (χ1) is 19.6. The second-order valence-electron chi connectivity index (χ2n) is 11.2. The number of rotatable bonds is 6. The number of carbonyl (C=O) groups is 1. The summed E-state index contributed by atoms with van der Waals surface area (Å²) in [6.45, 7) is 4.30. The van der Waals surface area contributed by atoms with Crippen LogP contribution in [0.5, 0.6) is 0 Å². The molecule has 2 aliphatic rings. The first-order valence-corrected chi connectivity index (χ1v) is 14.5. The maximum Gasteiger partial charge on any atom is 0.205 e. The lowest BCUT2D eigenvalue weighted by molar-refractivity contribution is -0.124. The summed E-state index contributed by atoms with van der Waals surface area (Å²) >= 11 is 0. The molecule has 1 N–H and O–H groups in total. The highest BCUT2D eigenvalue weighted by Crippen LogP contribution is 2.40. The number of ketones is 1. The number of aromatic amines is 1. The number of benzene rings is 2. The molecule has 2 aliphatic carbocycles. The van der Waals surface area contributed by atoms with Gasteiger partial charge in [-0.1, -0.05) is 55.8 Å². The molecule has 0 unspecified atom stereocenters. The monoisotopic (exact) mass is 531 g/mol. The summed E-state index contributed by atoms with van der Waals surface area (Å²) in [4.78, 5) is 22.8. The molecule has 0 saturated heterocycles. The molecule has 0 amide bonds. The number of H-pyrrole nitrogens is 1. The summed E-state index contributed by atoms with van der Waals surface area (Å²) in [7, 11) is 0. The summed E-state index contributed by atoms with van der Waals surface area (Å²) in [5.74, 6) is 2.16. The van der Waals surface area contributed by atoms with Crippen LogP contribution in [0.3, 0.4) is 0 Å². The average molecular weight is 532 g/mol. The van der Waals surface area contributed by atoms with Gasteiger partial charge in [-0.05, 0) is 78.1 Å². The van der Waals surface area contributed by atoms with Crippen LogP contribution in [0.4, 0.5) is 0 Å². The van der Waals surface area contributed by atoms with Gasteiger partial charge in [0.1, 0.15) is 17.1 Å². The van der Waals surface area contributed by atoms with E-state index in [1.807, 2.05) is 18.2 Å². The molecule has 3 heterocycles. The van der Waals surface area contributed by atoms with Gasteiger partial charge in [-0.3, -0.25) is 4.79 Å². The van der Waals surface area contributed by atoms with Gasteiger partial charge in [0.25, 0.3) is 0 Å². The lowest BCUT2D eigenvalue weighted by Crippen LogP contribution is -2.21. The van der Waals surface area contributed by atoms with E-state index in [9.17, 15) is 4.79 Å². The first kappa shape index (κ1) is 24.8. The Morgan fingerprint density at radius 1 is 1.00 bits per heavy atom. The molecule has 8 heteroatoms. The van der Waals surface area contributed by atoms with Gasteiger partial charge in [0.05, 0.1) is 6.04 Å². The lowest BCUT2D eigenvalue weighted by Gasteiger charge is -2.21. The molecule has 7 rings (SSSR count). The maximum absolute atomic E-state index is 12.6. The Labute approximate surface area is 233 Å². The molecule has 2 aromatic carbocycles. The Kier molecular flexibility index (Phi) is 6.25. The predicted octanol–water partition coefficient (Wildman–Crippen LogP) is 5.99. The van der Waals surface area contributed by atoms with Crippen molar-refractivity contribution in [1.29, 1.82) is 0 Å². The molecule has 0 aliphatic heterocycles. The molecule has 0 radical (unpaired) electrons. The summed E-state index contributed by atoms with van der Waals surface area (Å²) in [5.41, 5.74) is 10.00. The first-order valence-electron chi connectivity index (χ1n) is 14.5. The average Bonchev–Trinajstić information content (AvgIpc) is 3.73. The molecule has 2 atom stereocenters. The summed E-state index contributed by atoms with van der Waals surface area (Å²) < 4.78 is 2.38. The van der Waals surface area contributed by atoms with Crippen LogP contribution < -0.4 is 0 Å². The largest absolute Gasteiger partial charge is 0.305 e. The molecule has 8 nitrogen and oxygen atoms in total. The number of aryl methyl sites for hydroxylation is 3. The van der Waals surface area contributed by atoms with E-state index in [0.29, 0.717) is 18.0 Å². The van der Waals surface area contributed by atoms with E-state index >= 15 is 0 Å². The number of hydrogen-bond donors (Lipinski definition) is 1. The second kappa shape index (κ2) is 10.1. The van der Waals surface area contributed by atoms with Crippen molar-refractivity contribution in [3.8, 4) is 22.5 Å². The Hall–Kier alpha value is -4.20. The van der Waals surface area contributed by atoms with Gasteiger partial charge in [0.15, 0.2) is 5.65 Å². The number of pyridine rings is 1. The fourth-order valence-corrected chi connectivity index (χ4v) is 6.77. The van der Waals surface area contributed by atoms with Crippen LogP contribution >= 0.6 is 0 Å². The van der Waals surface area contributed by atoms with Crippen LogP contribution in [0.15, 0.2) is 48.5 Å². The SMILES string of the molecule is CCc1nc2c(C)cc(C[C@@H]3CCCCC3=O)nc2n1[C@H]1CCc2cc(-c3ccccc3-c3nn[nH]n3)ccc21. The van der Waals surface area contributed by atoms with E-state index < -0.39 is 0 Å². The van der Waals surface area contributed by atoms with Crippen molar-refractivity contribution in [2.45, 2.75) is 71.3 Å². The number of Topliss-reactive ketones (excluding diaryl/α,β-unsaturated/α-hetero) is 1. The van der Waals surface area contributed by atoms with Crippen molar-refractivity contribution in [2.24, 2.45) is 5.92 Å². The van der Waals surface area contributed by atoms with Crippen LogP contribution in [0.1, 0.15) is 73.3 Å². The topological polar surface area (TPSA) is 102 Å². The van der Waals surface area contributed by atoms with E-state index in [1.54, 1.807) is 0 Å². The number of carbonyl (C=O) groups excluding carboxylic acids is 1. The molecule has 5 aromatic rings. The van der Waals surface area contributed by atoms with Gasteiger partial charge < -0.3 is 4.57 Å². The number of aromatic nitrogens is 7. The Bertz CT molecular complexity index is 1720. The minimum Gasteiger partial charge on any atom is -0.305 e. The molecule has 3 aromatic heterocycles. The van der Waals surface area contributed by atoms with E-state index in [2.05, 4.69) is 69.4 Å². The minimum atomic E-state index is 0.0982. The third-order valence-electron chi connectivity index (χ3n) is 8.74. The highest BCUT2D eigenvalue weighted by Gasteiger charge is 2.30. The summed E-state index contributed by atoms with van der Waals surface area (Å²) in [6, 6.07) is 17.3. The highest BCUT2D eigenvalue weighted by atomic mass is 16.1. The number of nitrogens with one attached hydrogen (secondary N) is 1. The Morgan fingerprint density at radius 2 is 1.88 bits per heavy atom. The van der Waals surface area contributed by atoms with Crippen LogP contribution in [-0.2, 0) is 24.1 Å². The third-order valence-corrected chi connectivity index (χ3v) is 8.74. The van der Waals surface area contributed by atoms with Crippen molar-refractivity contribution >= 4 is 16.9 Å². The van der Waals surface area contributed by atoms with E-state index in [0.717, 1.165) is 89.9 Å². The molecule has 1 fully saturated rings. The molecule has 1 saturated carbocycles. The summed E-state index contributed by atoms with van der Waals surface area (Å²) in [5, 5.41) is 14.7. The predicted molar refractivity (Wildman–Crippen MR) is 154 cm³/mol. The minimum absolute atomic E-state index is 0.0982. The van der Waals surface area contributed by atoms with E-state index in [4.69, 9.17) is 9.97 Å².